The van der Waals surface area contributed by atoms with Crippen LogP contribution < -0.4 is 16.0 Å². The van der Waals surface area contributed by atoms with Crippen molar-refractivity contribution < 1.29 is 0 Å². The van der Waals surface area contributed by atoms with Gasteiger partial charge in [0.2, 0.25) is 0 Å². The highest BCUT2D eigenvalue weighted by Crippen LogP contribution is 2.65. The van der Waals surface area contributed by atoms with Gasteiger partial charge in [0.1, 0.15) is 0 Å². The molecule has 6 fully saturated rings. The van der Waals surface area contributed by atoms with E-state index in [1.807, 2.05) is 0 Å². The molecule has 0 aromatic heterocycles. The van der Waals surface area contributed by atoms with E-state index in [0.717, 1.165) is 53.3 Å². The highest BCUT2D eigenvalue weighted by atomic mass is 15.2. The van der Waals surface area contributed by atoms with E-state index in [1.165, 1.54) is 70.6 Å². The SMILES string of the molecule is CN1C(C)(C)CC(C2CC(C3CC(C)(C)NC(C)(C)C3)C(C3CC(C)(C)N(C)C(C)(C)C3)C(C3CC(C)(C)NC(C)(C)C3)C2C2CC(C)(C)NC(C)(C)C2)CC1(C)C. The quantitative estimate of drug-likeness (QED) is 0.258. The minimum atomic E-state index is 0.123. The zero-order valence-electron chi connectivity index (χ0n) is 42.9. The molecule has 1 aliphatic carbocycles. The first-order valence-electron chi connectivity index (χ1n) is 24.7. The normalized spacial score (nSPS) is 39.3. The standard InChI is InChI=1S/C53H101N5/c1-44(2)24-34(25-45(3,4)54-44)39-23-40(35-30-50(13,14)57(21)51(15,16)31-35)41(36-26-46(5,6)55-47(7,8)27-36)43(37-28-48(9,10)56-49(11,12)29-37)42(39)38-32-52(17,18)58(22)53(19,20)33-38/h34-43,54-56H,23-33H2,1-22H3. The topological polar surface area (TPSA) is 42.6 Å². The Kier molecular flexibility index (Phi) is 12.0. The van der Waals surface area contributed by atoms with Crippen molar-refractivity contribution in [3.63, 3.8) is 0 Å². The van der Waals surface area contributed by atoms with Crippen molar-refractivity contribution in [1.82, 2.24) is 25.8 Å². The fourth-order valence-electron chi connectivity index (χ4n) is 17.9. The van der Waals surface area contributed by atoms with Crippen molar-refractivity contribution in [3.05, 3.63) is 0 Å². The molecular formula is C53H101N5. The molecule has 5 unspecified atom stereocenters. The molecule has 0 amide bonds. The van der Waals surface area contributed by atoms with Gasteiger partial charge in [0.05, 0.1) is 0 Å². The molecule has 3 N–H and O–H groups in total. The van der Waals surface area contributed by atoms with Crippen LogP contribution in [-0.4, -0.2) is 79.3 Å². The van der Waals surface area contributed by atoms with Gasteiger partial charge in [-0.1, -0.05) is 0 Å². The summed E-state index contributed by atoms with van der Waals surface area (Å²) in [6, 6.07) is 0. The van der Waals surface area contributed by atoms with Crippen LogP contribution in [0, 0.1) is 59.2 Å². The van der Waals surface area contributed by atoms with Crippen molar-refractivity contribution in [1.29, 1.82) is 0 Å². The highest BCUT2D eigenvalue weighted by molar-refractivity contribution is 5.14. The van der Waals surface area contributed by atoms with Crippen LogP contribution in [0.25, 0.3) is 0 Å². The van der Waals surface area contributed by atoms with Crippen LogP contribution in [0.3, 0.4) is 0 Å². The Hall–Kier alpha value is -0.200. The van der Waals surface area contributed by atoms with Gasteiger partial charge in [-0.05, 0) is 282 Å². The van der Waals surface area contributed by atoms with Gasteiger partial charge in [-0.15, -0.1) is 0 Å². The van der Waals surface area contributed by atoms with E-state index < -0.39 is 0 Å². The van der Waals surface area contributed by atoms with Gasteiger partial charge in [-0.25, -0.2) is 0 Å². The Morgan fingerprint density at radius 2 is 0.500 bits per heavy atom. The third-order valence-corrected chi connectivity index (χ3v) is 18.6. The van der Waals surface area contributed by atoms with E-state index in [-0.39, 0.29) is 55.4 Å². The minimum absolute atomic E-state index is 0.123. The van der Waals surface area contributed by atoms with E-state index >= 15 is 0 Å². The molecule has 6 aliphatic rings. The van der Waals surface area contributed by atoms with Gasteiger partial charge in [-0.3, -0.25) is 9.80 Å². The molecular weight excluding hydrogens is 707 g/mol. The molecule has 5 heteroatoms. The van der Waals surface area contributed by atoms with E-state index in [4.69, 9.17) is 0 Å². The fourth-order valence-corrected chi connectivity index (χ4v) is 17.9. The lowest BCUT2D eigenvalue weighted by Gasteiger charge is -2.66. The molecule has 5 aliphatic heterocycles. The summed E-state index contributed by atoms with van der Waals surface area (Å²) in [6.45, 7) is 51.3. The van der Waals surface area contributed by atoms with E-state index in [1.54, 1.807) is 0 Å². The number of likely N-dealkylation sites (tertiary alicyclic amines) is 2. The van der Waals surface area contributed by atoms with Gasteiger partial charge in [0.15, 0.2) is 0 Å². The average Bonchev–Trinajstić information content (AvgIpc) is 2.96. The third-order valence-electron chi connectivity index (χ3n) is 18.6. The second-order valence-electron chi connectivity index (χ2n) is 29.2. The summed E-state index contributed by atoms with van der Waals surface area (Å²) in [5.74, 6) is 7.37. The summed E-state index contributed by atoms with van der Waals surface area (Å²) in [5.41, 5.74) is 1.51. The summed E-state index contributed by atoms with van der Waals surface area (Å²) in [4.78, 5) is 5.54. The average molecular weight is 808 g/mol. The van der Waals surface area contributed by atoms with Crippen molar-refractivity contribution in [2.45, 2.75) is 264 Å². The first-order chi connectivity index (χ1) is 25.9. The second kappa shape index (κ2) is 14.7. The Morgan fingerprint density at radius 1 is 0.293 bits per heavy atom. The van der Waals surface area contributed by atoms with Crippen LogP contribution in [0.15, 0.2) is 0 Å². The van der Waals surface area contributed by atoms with Crippen LogP contribution >= 0.6 is 0 Å². The molecule has 0 spiro atoms. The number of hydrogen-bond acceptors (Lipinski definition) is 5. The Morgan fingerprint density at radius 3 is 0.793 bits per heavy atom. The monoisotopic (exact) mass is 808 g/mol. The summed E-state index contributed by atoms with van der Waals surface area (Å²) in [6.07, 6.45) is 14.6. The lowest BCUT2D eigenvalue weighted by atomic mass is 9.43. The Bertz CT molecular complexity index is 1390. The van der Waals surface area contributed by atoms with Crippen molar-refractivity contribution >= 4 is 0 Å². The zero-order valence-corrected chi connectivity index (χ0v) is 42.9. The van der Waals surface area contributed by atoms with E-state index in [9.17, 15) is 0 Å². The predicted octanol–water partition coefficient (Wildman–Crippen LogP) is 11.9. The van der Waals surface area contributed by atoms with Crippen LogP contribution in [0.5, 0.6) is 0 Å². The minimum Gasteiger partial charge on any atom is -0.307 e. The maximum atomic E-state index is 4.21. The third kappa shape index (κ3) is 9.65. The largest absolute Gasteiger partial charge is 0.307 e. The van der Waals surface area contributed by atoms with Crippen LogP contribution in [0.4, 0.5) is 0 Å². The lowest BCUT2D eigenvalue weighted by Crippen LogP contribution is -2.67. The maximum Gasteiger partial charge on any atom is 0.0158 e. The van der Waals surface area contributed by atoms with Crippen LogP contribution in [-0.2, 0) is 0 Å². The number of hydrogen-bond donors (Lipinski definition) is 3. The molecule has 5 saturated heterocycles. The first-order valence-corrected chi connectivity index (χ1v) is 24.7. The molecule has 5 nitrogen and oxygen atoms in total. The highest BCUT2D eigenvalue weighted by Gasteiger charge is 2.62. The van der Waals surface area contributed by atoms with Gasteiger partial charge >= 0.3 is 0 Å². The number of nitrogens with one attached hydrogen (secondary N) is 3. The molecule has 338 valence electrons. The maximum absolute atomic E-state index is 4.21. The fraction of sp³-hybridized carbons (Fsp3) is 1.00. The van der Waals surface area contributed by atoms with Crippen LogP contribution in [0.2, 0.25) is 0 Å². The Balaban J connectivity index is 1.64. The van der Waals surface area contributed by atoms with Gasteiger partial charge in [0, 0.05) is 55.4 Å². The second-order valence-corrected chi connectivity index (χ2v) is 29.2. The summed E-state index contributed by atoms with van der Waals surface area (Å²) in [7, 11) is 4.89. The van der Waals surface area contributed by atoms with E-state index in [2.05, 4.69) is 178 Å². The molecule has 0 bridgehead atoms. The number of piperidine rings is 5. The van der Waals surface area contributed by atoms with E-state index in [0.29, 0.717) is 5.92 Å². The van der Waals surface area contributed by atoms with Crippen LogP contribution in [0.1, 0.15) is 209 Å². The Labute approximate surface area is 362 Å². The molecule has 1 saturated carbocycles. The van der Waals surface area contributed by atoms with Crippen molar-refractivity contribution in [3.8, 4) is 0 Å². The smallest absolute Gasteiger partial charge is 0.0158 e. The molecule has 0 radical (unpaired) electrons. The molecule has 58 heavy (non-hydrogen) atoms. The summed E-state index contributed by atoms with van der Waals surface area (Å²) < 4.78 is 0. The predicted molar refractivity (Wildman–Crippen MR) is 251 cm³/mol. The molecule has 5 atom stereocenters. The molecule has 5 heterocycles. The number of rotatable bonds is 5. The van der Waals surface area contributed by atoms with Crippen molar-refractivity contribution in [2.75, 3.05) is 14.1 Å². The lowest BCUT2D eigenvalue weighted by molar-refractivity contribution is -0.161. The summed E-state index contributed by atoms with van der Waals surface area (Å²) in [5, 5.41) is 12.6. The zero-order chi connectivity index (χ0) is 43.8. The summed E-state index contributed by atoms with van der Waals surface area (Å²) >= 11 is 0. The number of nitrogens with zero attached hydrogens (tertiary/aromatic N) is 2. The van der Waals surface area contributed by atoms with Gasteiger partial charge in [0.25, 0.3) is 0 Å². The first kappa shape index (κ1) is 47.3. The molecule has 0 aromatic carbocycles. The molecule has 0 aromatic rings. The molecule has 6 rings (SSSR count). The van der Waals surface area contributed by atoms with Gasteiger partial charge in [-0.2, -0.15) is 0 Å². The van der Waals surface area contributed by atoms with Crippen molar-refractivity contribution in [2.24, 2.45) is 59.2 Å². The van der Waals surface area contributed by atoms with Gasteiger partial charge < -0.3 is 16.0 Å².